The minimum absolute atomic E-state index is 0. The van der Waals surface area contributed by atoms with E-state index in [4.69, 9.17) is 14.2 Å². The molecule has 0 saturated carbocycles. The Labute approximate surface area is 174 Å². The second-order valence-electron chi connectivity index (χ2n) is 6.12. The Hall–Kier alpha value is -1.22. The maximum absolute atomic E-state index is 5.76. The van der Waals surface area contributed by atoms with Crippen molar-refractivity contribution in [2.24, 2.45) is 10.9 Å². The van der Waals surface area contributed by atoms with Crippen LogP contribution >= 0.6 is 24.0 Å². The van der Waals surface area contributed by atoms with Crippen LogP contribution in [0.15, 0.2) is 29.3 Å². The van der Waals surface area contributed by atoms with Gasteiger partial charge in [0.15, 0.2) is 5.96 Å². The smallest absolute Gasteiger partial charge is 0.193 e. The summed E-state index contributed by atoms with van der Waals surface area (Å²) >= 11 is 0. The normalized spacial score (nSPS) is 17.0. The quantitative estimate of drug-likeness (QED) is 0.257. The van der Waals surface area contributed by atoms with Gasteiger partial charge in [0.05, 0.1) is 20.3 Å². The molecule has 0 amide bonds. The number of ether oxygens (including phenoxy) is 3. The number of guanidine groups is 1. The molecule has 1 saturated heterocycles. The average Bonchev–Trinajstić information content (AvgIpc) is 3.11. The maximum Gasteiger partial charge on any atom is 0.193 e. The van der Waals surface area contributed by atoms with Crippen LogP contribution in [0.1, 0.15) is 19.8 Å². The summed E-state index contributed by atoms with van der Waals surface area (Å²) in [4.78, 5) is 6.71. The van der Waals surface area contributed by atoms with Crippen molar-refractivity contribution < 1.29 is 14.2 Å². The van der Waals surface area contributed by atoms with E-state index in [0.717, 1.165) is 56.7 Å². The Morgan fingerprint density at radius 1 is 1.35 bits per heavy atom. The Bertz CT molecular complexity index is 543. The molecule has 1 aromatic rings. The molecule has 1 atom stereocenters. The molecule has 0 aromatic heterocycles. The Morgan fingerprint density at radius 3 is 2.88 bits per heavy atom. The van der Waals surface area contributed by atoms with Crippen molar-refractivity contribution in [2.45, 2.75) is 19.8 Å². The Morgan fingerprint density at radius 2 is 2.15 bits per heavy atom. The van der Waals surface area contributed by atoms with Gasteiger partial charge in [-0.2, -0.15) is 0 Å². The molecule has 0 spiro atoms. The second kappa shape index (κ2) is 13.0. The Balaban J connectivity index is 0.00000338. The molecule has 0 aliphatic carbocycles. The number of benzene rings is 1. The highest BCUT2D eigenvalue weighted by Gasteiger charge is 2.24. The van der Waals surface area contributed by atoms with E-state index in [9.17, 15) is 0 Å². The van der Waals surface area contributed by atoms with Crippen LogP contribution in [0.5, 0.6) is 11.5 Å². The lowest BCUT2D eigenvalue weighted by atomic mass is 10.1. The fraction of sp³-hybridized carbons (Fsp3) is 0.632. The molecule has 1 aliphatic rings. The van der Waals surface area contributed by atoms with Crippen molar-refractivity contribution in [1.82, 2.24) is 10.2 Å². The molecule has 1 heterocycles. The third kappa shape index (κ3) is 7.57. The third-order valence-corrected chi connectivity index (χ3v) is 4.27. The monoisotopic (exact) mass is 477 g/mol. The van der Waals surface area contributed by atoms with Gasteiger partial charge >= 0.3 is 0 Å². The minimum Gasteiger partial charge on any atom is -0.497 e. The van der Waals surface area contributed by atoms with E-state index in [0.29, 0.717) is 12.5 Å². The topological polar surface area (TPSA) is 55.3 Å². The van der Waals surface area contributed by atoms with E-state index in [1.807, 2.05) is 38.2 Å². The maximum atomic E-state index is 5.76. The number of hydrogen-bond acceptors (Lipinski definition) is 4. The molecule has 1 N–H and O–H groups in total. The molecular formula is C19H32IN3O3. The summed E-state index contributed by atoms with van der Waals surface area (Å²) in [5, 5.41) is 3.43. The number of halogens is 1. The molecule has 0 bridgehead atoms. The molecule has 7 heteroatoms. The third-order valence-electron chi connectivity index (χ3n) is 4.27. The van der Waals surface area contributed by atoms with E-state index < -0.39 is 0 Å². The molecule has 1 fully saturated rings. The molecule has 1 unspecified atom stereocenters. The first kappa shape index (κ1) is 22.8. The van der Waals surface area contributed by atoms with Gasteiger partial charge in [-0.3, -0.25) is 4.99 Å². The van der Waals surface area contributed by atoms with E-state index in [1.165, 1.54) is 6.42 Å². The van der Waals surface area contributed by atoms with Gasteiger partial charge in [-0.25, -0.2) is 0 Å². The number of rotatable bonds is 9. The summed E-state index contributed by atoms with van der Waals surface area (Å²) < 4.78 is 16.5. The van der Waals surface area contributed by atoms with E-state index >= 15 is 0 Å². The lowest BCUT2D eigenvalue weighted by molar-refractivity contribution is 0.114. The van der Waals surface area contributed by atoms with Crippen molar-refractivity contribution in [1.29, 1.82) is 0 Å². The van der Waals surface area contributed by atoms with Gasteiger partial charge in [-0.1, -0.05) is 6.07 Å². The van der Waals surface area contributed by atoms with Crippen molar-refractivity contribution in [3.05, 3.63) is 24.3 Å². The largest absolute Gasteiger partial charge is 0.497 e. The van der Waals surface area contributed by atoms with Crippen LogP contribution in [0.3, 0.4) is 0 Å². The zero-order valence-corrected chi connectivity index (χ0v) is 18.4. The molecule has 1 aliphatic heterocycles. The second-order valence-corrected chi connectivity index (χ2v) is 6.12. The van der Waals surface area contributed by atoms with Gasteiger partial charge in [0.2, 0.25) is 0 Å². The van der Waals surface area contributed by atoms with E-state index in [-0.39, 0.29) is 24.0 Å². The molecule has 1 aromatic carbocycles. The van der Waals surface area contributed by atoms with Gasteiger partial charge in [0.25, 0.3) is 0 Å². The highest BCUT2D eigenvalue weighted by atomic mass is 127. The van der Waals surface area contributed by atoms with Crippen molar-refractivity contribution in [3.63, 3.8) is 0 Å². The highest BCUT2D eigenvalue weighted by Crippen LogP contribution is 2.19. The first-order valence-corrected chi connectivity index (χ1v) is 9.07. The summed E-state index contributed by atoms with van der Waals surface area (Å²) in [6.07, 6.45) is 2.08. The Kier molecular flexibility index (Phi) is 11.4. The van der Waals surface area contributed by atoms with E-state index in [1.54, 1.807) is 7.11 Å². The van der Waals surface area contributed by atoms with Gasteiger partial charge < -0.3 is 24.4 Å². The summed E-state index contributed by atoms with van der Waals surface area (Å²) in [7, 11) is 3.50. The fourth-order valence-corrected chi connectivity index (χ4v) is 2.93. The van der Waals surface area contributed by atoms with Crippen LogP contribution in [0.4, 0.5) is 0 Å². The minimum atomic E-state index is 0. The summed E-state index contributed by atoms with van der Waals surface area (Å²) in [5.41, 5.74) is 0. The lowest BCUT2D eigenvalue weighted by Gasteiger charge is -2.21. The predicted octanol–water partition coefficient (Wildman–Crippen LogP) is 3.02. The first-order chi connectivity index (χ1) is 12.3. The zero-order chi connectivity index (χ0) is 17.9. The summed E-state index contributed by atoms with van der Waals surface area (Å²) in [6, 6.07) is 7.68. The van der Waals surface area contributed by atoms with Crippen LogP contribution in [-0.4, -0.2) is 64.5 Å². The summed E-state index contributed by atoms with van der Waals surface area (Å²) in [6.45, 7) is 7.22. The first-order valence-electron chi connectivity index (χ1n) is 9.07. The van der Waals surface area contributed by atoms with Gasteiger partial charge in [0.1, 0.15) is 11.5 Å². The van der Waals surface area contributed by atoms with Crippen LogP contribution in [0, 0.1) is 5.92 Å². The van der Waals surface area contributed by atoms with Crippen LogP contribution in [0.2, 0.25) is 0 Å². The average molecular weight is 477 g/mol. The molecule has 2 rings (SSSR count). The lowest BCUT2D eigenvalue weighted by Crippen LogP contribution is -2.40. The zero-order valence-electron chi connectivity index (χ0n) is 16.1. The molecule has 26 heavy (non-hydrogen) atoms. The highest BCUT2D eigenvalue weighted by molar-refractivity contribution is 14.0. The molecule has 148 valence electrons. The van der Waals surface area contributed by atoms with Crippen molar-refractivity contribution in [3.8, 4) is 11.5 Å². The number of hydrogen-bond donors (Lipinski definition) is 1. The van der Waals surface area contributed by atoms with Gasteiger partial charge in [-0.05, 0) is 31.9 Å². The van der Waals surface area contributed by atoms with Crippen molar-refractivity contribution >= 4 is 29.9 Å². The number of aliphatic imine (C=N–C) groups is 1. The van der Waals surface area contributed by atoms with Crippen LogP contribution in [0.25, 0.3) is 0 Å². The molecule has 0 radical (unpaired) electrons. The fourth-order valence-electron chi connectivity index (χ4n) is 2.93. The van der Waals surface area contributed by atoms with Gasteiger partial charge in [-0.15, -0.1) is 24.0 Å². The number of nitrogens with one attached hydrogen (secondary N) is 1. The van der Waals surface area contributed by atoms with Crippen molar-refractivity contribution in [2.75, 3.05) is 53.6 Å². The number of likely N-dealkylation sites (tertiary alicyclic amines) is 1. The number of methoxy groups -OCH3 is 1. The van der Waals surface area contributed by atoms with E-state index in [2.05, 4.69) is 15.2 Å². The SMILES string of the molecule is CCOCC1CCN(C(=NC)NCCCOc2cccc(OC)c2)C1.I. The molecular weight excluding hydrogens is 445 g/mol. The predicted molar refractivity (Wildman–Crippen MR) is 116 cm³/mol. The molecule has 6 nitrogen and oxygen atoms in total. The van der Waals surface area contributed by atoms with Crippen LogP contribution < -0.4 is 14.8 Å². The van der Waals surface area contributed by atoms with Gasteiger partial charge in [0, 0.05) is 45.3 Å². The summed E-state index contributed by atoms with van der Waals surface area (Å²) in [5.74, 6) is 3.23. The van der Waals surface area contributed by atoms with Crippen LogP contribution in [-0.2, 0) is 4.74 Å². The number of nitrogens with zero attached hydrogens (tertiary/aromatic N) is 2. The standard InChI is InChI=1S/C19H31N3O3.HI/c1-4-24-15-16-9-11-22(14-16)19(20-2)21-10-6-12-25-18-8-5-7-17(13-18)23-3;/h5,7-8,13,16H,4,6,9-12,14-15H2,1-3H3,(H,20,21);1H.